The highest BCUT2D eigenvalue weighted by Gasteiger charge is 2.38. The summed E-state index contributed by atoms with van der Waals surface area (Å²) in [4.78, 5) is 42.5. The van der Waals surface area contributed by atoms with Crippen LogP contribution in [0.4, 0.5) is 0 Å². The topological polar surface area (TPSA) is 99.6 Å². The van der Waals surface area contributed by atoms with E-state index < -0.39 is 18.1 Å². The van der Waals surface area contributed by atoms with Crippen LogP contribution in [0.5, 0.6) is 0 Å². The number of amides is 2. The summed E-state index contributed by atoms with van der Waals surface area (Å²) in [6.45, 7) is 4.07. The number of pyridine rings is 1. The van der Waals surface area contributed by atoms with Gasteiger partial charge in [0.1, 0.15) is 12.1 Å². The molecule has 2 aromatic rings. The number of rotatable bonds is 5. The number of fused-ring (bicyclic) bond motifs is 1. The Morgan fingerprint density at radius 1 is 1.22 bits per heavy atom. The summed E-state index contributed by atoms with van der Waals surface area (Å²) in [6, 6.07) is 5.49. The quantitative estimate of drug-likeness (QED) is 0.840. The number of hydrogen-bond donors (Lipinski definition) is 2. The molecule has 7 nitrogen and oxygen atoms in total. The number of aliphatic carboxylic acids is 1. The minimum Gasteiger partial charge on any atom is -0.480 e. The maximum atomic E-state index is 12.9. The third-order valence-corrected chi connectivity index (χ3v) is 4.94. The molecular weight excluding hydrogens is 346 g/mol. The van der Waals surface area contributed by atoms with Crippen LogP contribution in [0.25, 0.3) is 10.8 Å². The molecule has 2 N–H and O–H groups in total. The fraction of sp³-hybridized carbons (Fsp3) is 0.400. The molecule has 0 bridgehead atoms. The molecule has 1 aliphatic heterocycles. The molecule has 1 aliphatic rings. The summed E-state index contributed by atoms with van der Waals surface area (Å²) >= 11 is 0. The van der Waals surface area contributed by atoms with Gasteiger partial charge in [-0.05, 0) is 42.3 Å². The van der Waals surface area contributed by atoms with Gasteiger partial charge < -0.3 is 15.3 Å². The largest absolute Gasteiger partial charge is 0.480 e. The first kappa shape index (κ1) is 18.8. The van der Waals surface area contributed by atoms with Crippen molar-refractivity contribution >= 4 is 28.6 Å². The van der Waals surface area contributed by atoms with Gasteiger partial charge in [-0.1, -0.05) is 19.9 Å². The predicted molar refractivity (Wildman–Crippen MR) is 100 cm³/mol. The number of likely N-dealkylation sites (tertiary alicyclic amines) is 1. The van der Waals surface area contributed by atoms with Gasteiger partial charge in [0.15, 0.2) is 0 Å². The lowest BCUT2D eigenvalue weighted by Crippen LogP contribution is -2.53. The summed E-state index contributed by atoms with van der Waals surface area (Å²) in [5, 5.41) is 13.9. The molecule has 0 aliphatic carbocycles. The van der Waals surface area contributed by atoms with E-state index in [1.54, 1.807) is 24.5 Å². The molecule has 0 radical (unpaired) electrons. The first-order chi connectivity index (χ1) is 12.9. The zero-order chi connectivity index (χ0) is 19.6. The first-order valence-corrected chi connectivity index (χ1v) is 9.06. The highest BCUT2D eigenvalue weighted by molar-refractivity contribution is 6.01. The van der Waals surface area contributed by atoms with Crippen molar-refractivity contribution in [1.29, 1.82) is 0 Å². The van der Waals surface area contributed by atoms with E-state index in [-0.39, 0.29) is 17.7 Å². The monoisotopic (exact) mass is 369 g/mol. The van der Waals surface area contributed by atoms with Crippen LogP contribution in [0.15, 0.2) is 36.7 Å². The molecule has 1 aromatic heterocycles. The zero-order valence-electron chi connectivity index (χ0n) is 15.4. The summed E-state index contributed by atoms with van der Waals surface area (Å²) in [5.74, 6) is -1.86. The number of carbonyl (C=O) groups excluding carboxylic acids is 2. The van der Waals surface area contributed by atoms with Crippen LogP contribution < -0.4 is 5.32 Å². The molecule has 2 atom stereocenters. The van der Waals surface area contributed by atoms with Gasteiger partial charge >= 0.3 is 5.97 Å². The number of carboxylic acid groups (broad SMARTS) is 1. The molecule has 27 heavy (non-hydrogen) atoms. The molecule has 1 fully saturated rings. The van der Waals surface area contributed by atoms with Crippen molar-refractivity contribution in [2.45, 2.75) is 38.8 Å². The first-order valence-electron chi connectivity index (χ1n) is 9.06. The normalized spacial score (nSPS) is 17.9. The molecule has 0 unspecified atom stereocenters. The smallest absolute Gasteiger partial charge is 0.326 e. The van der Waals surface area contributed by atoms with Crippen molar-refractivity contribution in [3.05, 3.63) is 42.2 Å². The Bertz CT molecular complexity index is 880. The Labute approximate surface area is 157 Å². The van der Waals surface area contributed by atoms with E-state index in [9.17, 15) is 19.5 Å². The van der Waals surface area contributed by atoms with Gasteiger partial charge in [0.05, 0.1) is 0 Å². The van der Waals surface area contributed by atoms with E-state index in [1.807, 2.05) is 26.0 Å². The number of carboxylic acids is 1. The number of nitrogens with zero attached hydrogens (tertiary/aromatic N) is 2. The van der Waals surface area contributed by atoms with E-state index in [2.05, 4.69) is 10.3 Å². The van der Waals surface area contributed by atoms with Crippen LogP contribution >= 0.6 is 0 Å². The SMILES string of the molecule is CC(C)[C@H](NC(=O)c1ccc2cnccc2c1)C(=O)N1CCC[C@H]1C(=O)O. The third kappa shape index (κ3) is 3.92. The van der Waals surface area contributed by atoms with Crippen LogP contribution in [0.3, 0.4) is 0 Å². The molecular formula is C20H23N3O4. The number of benzene rings is 1. The Morgan fingerprint density at radius 2 is 2.00 bits per heavy atom. The van der Waals surface area contributed by atoms with Crippen LogP contribution in [0.1, 0.15) is 37.0 Å². The van der Waals surface area contributed by atoms with E-state index in [0.29, 0.717) is 24.9 Å². The summed E-state index contributed by atoms with van der Waals surface area (Å²) < 4.78 is 0. The number of aromatic nitrogens is 1. The van der Waals surface area contributed by atoms with Gasteiger partial charge in [0, 0.05) is 29.9 Å². The van der Waals surface area contributed by atoms with Crippen molar-refractivity contribution in [3.63, 3.8) is 0 Å². The third-order valence-electron chi connectivity index (χ3n) is 4.94. The second-order valence-corrected chi connectivity index (χ2v) is 7.16. The van der Waals surface area contributed by atoms with Crippen LogP contribution in [-0.4, -0.2) is 51.4 Å². The average molecular weight is 369 g/mol. The van der Waals surface area contributed by atoms with Gasteiger partial charge in [-0.3, -0.25) is 14.6 Å². The molecule has 142 valence electrons. The predicted octanol–water partition coefficient (Wildman–Crippen LogP) is 2.06. The highest BCUT2D eigenvalue weighted by atomic mass is 16.4. The summed E-state index contributed by atoms with van der Waals surface area (Å²) in [7, 11) is 0. The number of carbonyl (C=O) groups is 3. The lowest BCUT2D eigenvalue weighted by molar-refractivity contribution is -0.149. The molecule has 2 heterocycles. The Balaban J connectivity index is 1.79. The van der Waals surface area contributed by atoms with Crippen LogP contribution in [0, 0.1) is 5.92 Å². The van der Waals surface area contributed by atoms with E-state index in [1.165, 1.54) is 4.90 Å². The fourth-order valence-corrected chi connectivity index (χ4v) is 3.43. The van der Waals surface area contributed by atoms with Gasteiger partial charge in [0.25, 0.3) is 5.91 Å². The second-order valence-electron chi connectivity index (χ2n) is 7.16. The zero-order valence-corrected chi connectivity index (χ0v) is 15.4. The average Bonchev–Trinajstić information content (AvgIpc) is 3.15. The molecule has 2 amide bonds. The Hall–Kier alpha value is -2.96. The van der Waals surface area contributed by atoms with E-state index in [0.717, 1.165) is 10.8 Å². The van der Waals surface area contributed by atoms with Crippen molar-refractivity contribution in [3.8, 4) is 0 Å². The molecule has 0 saturated carbocycles. The van der Waals surface area contributed by atoms with Gasteiger partial charge in [-0.15, -0.1) is 0 Å². The van der Waals surface area contributed by atoms with Crippen LogP contribution in [0.2, 0.25) is 0 Å². The van der Waals surface area contributed by atoms with E-state index >= 15 is 0 Å². The molecule has 0 spiro atoms. The minimum absolute atomic E-state index is 0.166. The fourth-order valence-electron chi connectivity index (χ4n) is 3.43. The van der Waals surface area contributed by atoms with Gasteiger partial charge in [0.2, 0.25) is 5.91 Å². The van der Waals surface area contributed by atoms with Crippen molar-refractivity contribution < 1.29 is 19.5 Å². The van der Waals surface area contributed by atoms with Crippen molar-refractivity contribution in [2.75, 3.05) is 6.54 Å². The summed E-state index contributed by atoms with van der Waals surface area (Å²) in [6.07, 6.45) is 4.47. The number of nitrogens with one attached hydrogen (secondary N) is 1. The maximum absolute atomic E-state index is 12.9. The van der Waals surface area contributed by atoms with E-state index in [4.69, 9.17) is 0 Å². The van der Waals surface area contributed by atoms with Gasteiger partial charge in [-0.25, -0.2) is 4.79 Å². The van der Waals surface area contributed by atoms with Crippen molar-refractivity contribution in [2.24, 2.45) is 5.92 Å². The molecule has 1 saturated heterocycles. The minimum atomic E-state index is -1.00. The Kier molecular flexibility index (Phi) is 5.39. The molecule has 7 heteroatoms. The lowest BCUT2D eigenvalue weighted by atomic mass is 10.0. The maximum Gasteiger partial charge on any atom is 0.326 e. The van der Waals surface area contributed by atoms with Gasteiger partial charge in [-0.2, -0.15) is 0 Å². The van der Waals surface area contributed by atoms with Crippen LogP contribution in [-0.2, 0) is 9.59 Å². The molecule has 1 aromatic carbocycles. The van der Waals surface area contributed by atoms with Crippen molar-refractivity contribution in [1.82, 2.24) is 15.2 Å². The number of hydrogen-bond acceptors (Lipinski definition) is 4. The lowest BCUT2D eigenvalue weighted by Gasteiger charge is -2.29. The second kappa shape index (κ2) is 7.73. The Morgan fingerprint density at radius 3 is 2.70 bits per heavy atom. The summed E-state index contributed by atoms with van der Waals surface area (Å²) in [5.41, 5.74) is 0.448. The molecule has 3 rings (SSSR count). The standard InChI is InChI=1S/C20H23N3O4/c1-12(2)17(19(25)23-9-3-4-16(23)20(26)27)22-18(24)14-5-6-15-11-21-8-7-13(15)10-14/h5-8,10-12,16-17H,3-4,9H2,1-2H3,(H,22,24)(H,26,27)/t16-,17-/m0/s1. The highest BCUT2D eigenvalue weighted by Crippen LogP contribution is 2.21.